The third-order valence-corrected chi connectivity index (χ3v) is 4.53. The molecule has 2 heterocycles. The number of nitrogens with zero attached hydrogens (tertiary/aromatic N) is 1. The van der Waals surface area contributed by atoms with Crippen LogP contribution in [0.25, 0.3) is 0 Å². The van der Waals surface area contributed by atoms with E-state index < -0.39 is 0 Å². The van der Waals surface area contributed by atoms with Crippen molar-refractivity contribution in [2.24, 2.45) is 5.92 Å². The van der Waals surface area contributed by atoms with Crippen molar-refractivity contribution >= 4 is 5.91 Å². The average molecular weight is 343 g/mol. The van der Waals surface area contributed by atoms with E-state index in [-0.39, 0.29) is 40.8 Å². The standard InChI is InChI=1S/C18H21N3O4/c1-25-17-10-20-15(9-16(17)23)18(24)21-14(11-6-13(22)7-11)8-12-4-2-3-5-19-12/h2-5,9-11,13-14,22H,6-8H2,1H3,(H,20,23)(H,21,24). The Hall–Kier alpha value is -2.67. The van der Waals surface area contributed by atoms with E-state index in [1.54, 1.807) is 6.20 Å². The number of aliphatic hydroxyl groups is 1. The van der Waals surface area contributed by atoms with E-state index in [4.69, 9.17) is 4.74 Å². The van der Waals surface area contributed by atoms with Gasteiger partial charge in [-0.15, -0.1) is 0 Å². The Morgan fingerprint density at radius 1 is 1.48 bits per heavy atom. The Kier molecular flexibility index (Phi) is 5.14. The lowest BCUT2D eigenvalue weighted by molar-refractivity contribution is 0.0237. The van der Waals surface area contributed by atoms with Crippen LogP contribution >= 0.6 is 0 Å². The summed E-state index contributed by atoms with van der Waals surface area (Å²) in [5.74, 6) is -0.0169. The number of aromatic amines is 1. The number of hydrogen-bond acceptors (Lipinski definition) is 5. The van der Waals surface area contributed by atoms with Crippen molar-refractivity contribution in [3.63, 3.8) is 0 Å². The van der Waals surface area contributed by atoms with E-state index in [9.17, 15) is 14.7 Å². The highest BCUT2D eigenvalue weighted by molar-refractivity contribution is 5.92. The maximum absolute atomic E-state index is 12.5. The first kappa shape index (κ1) is 17.2. The number of ether oxygens (including phenoxy) is 1. The summed E-state index contributed by atoms with van der Waals surface area (Å²) in [4.78, 5) is 31.4. The predicted molar refractivity (Wildman–Crippen MR) is 91.5 cm³/mol. The molecule has 7 heteroatoms. The van der Waals surface area contributed by atoms with Crippen molar-refractivity contribution < 1.29 is 14.6 Å². The molecule has 1 aliphatic carbocycles. The van der Waals surface area contributed by atoms with Crippen LogP contribution < -0.4 is 15.5 Å². The molecular weight excluding hydrogens is 322 g/mol. The molecule has 3 rings (SSSR count). The van der Waals surface area contributed by atoms with Crippen molar-refractivity contribution in [3.8, 4) is 5.75 Å². The van der Waals surface area contributed by atoms with E-state index in [0.717, 1.165) is 5.69 Å². The summed E-state index contributed by atoms with van der Waals surface area (Å²) in [6.45, 7) is 0. The van der Waals surface area contributed by atoms with Crippen LogP contribution in [0.5, 0.6) is 5.75 Å². The fraction of sp³-hybridized carbons (Fsp3) is 0.389. The maximum atomic E-state index is 12.5. The number of carbonyl (C=O) groups excluding carboxylic acids is 1. The summed E-state index contributed by atoms with van der Waals surface area (Å²) in [7, 11) is 1.40. The zero-order valence-corrected chi connectivity index (χ0v) is 13.9. The molecule has 132 valence electrons. The second-order valence-electron chi connectivity index (χ2n) is 6.27. The summed E-state index contributed by atoms with van der Waals surface area (Å²) < 4.78 is 4.90. The van der Waals surface area contributed by atoms with E-state index in [0.29, 0.717) is 19.3 Å². The number of aliphatic hydroxyl groups excluding tert-OH is 1. The van der Waals surface area contributed by atoms with Crippen LogP contribution in [0.4, 0.5) is 0 Å². The lowest BCUT2D eigenvalue weighted by Crippen LogP contribution is -2.48. The summed E-state index contributed by atoms with van der Waals surface area (Å²) in [5.41, 5.74) is 0.695. The largest absolute Gasteiger partial charge is 0.491 e. The normalized spacial score (nSPS) is 20.4. The van der Waals surface area contributed by atoms with Gasteiger partial charge in [-0.25, -0.2) is 0 Å². The van der Waals surface area contributed by atoms with Gasteiger partial charge in [0.05, 0.1) is 13.2 Å². The highest BCUT2D eigenvalue weighted by Crippen LogP contribution is 2.31. The summed E-state index contributed by atoms with van der Waals surface area (Å²) in [6.07, 6.45) is 4.65. The highest BCUT2D eigenvalue weighted by atomic mass is 16.5. The van der Waals surface area contributed by atoms with Crippen LogP contribution in [0, 0.1) is 5.92 Å². The Balaban J connectivity index is 1.74. The fourth-order valence-electron chi connectivity index (χ4n) is 3.03. The van der Waals surface area contributed by atoms with E-state index in [2.05, 4.69) is 15.3 Å². The van der Waals surface area contributed by atoms with Crippen molar-refractivity contribution in [3.05, 3.63) is 58.3 Å². The van der Waals surface area contributed by atoms with Gasteiger partial charge >= 0.3 is 0 Å². The van der Waals surface area contributed by atoms with Gasteiger partial charge in [0.25, 0.3) is 5.91 Å². The molecule has 0 aromatic carbocycles. The van der Waals surface area contributed by atoms with Gasteiger partial charge in [-0.3, -0.25) is 14.6 Å². The quantitative estimate of drug-likeness (QED) is 0.723. The molecule has 1 unspecified atom stereocenters. The van der Waals surface area contributed by atoms with Crippen LogP contribution in [-0.4, -0.2) is 40.2 Å². The molecule has 7 nitrogen and oxygen atoms in total. The molecule has 1 amide bonds. The van der Waals surface area contributed by atoms with Gasteiger partial charge in [-0.05, 0) is 30.9 Å². The first-order valence-electron chi connectivity index (χ1n) is 8.22. The maximum Gasteiger partial charge on any atom is 0.268 e. The van der Waals surface area contributed by atoms with Gasteiger partial charge < -0.3 is 20.1 Å². The number of amides is 1. The van der Waals surface area contributed by atoms with Crippen molar-refractivity contribution in [2.45, 2.75) is 31.4 Å². The first-order chi connectivity index (χ1) is 12.1. The van der Waals surface area contributed by atoms with E-state index in [1.807, 2.05) is 18.2 Å². The van der Waals surface area contributed by atoms with Gasteiger partial charge in [0.2, 0.25) is 5.43 Å². The molecule has 0 spiro atoms. The Morgan fingerprint density at radius 3 is 2.88 bits per heavy atom. The minimum Gasteiger partial charge on any atom is -0.491 e. The topological polar surface area (TPSA) is 104 Å². The molecule has 0 aliphatic heterocycles. The molecule has 1 aliphatic rings. The SMILES string of the molecule is COc1c[nH]c(C(=O)NC(Cc2ccccn2)C2CC(O)C2)cc1=O. The van der Waals surface area contributed by atoms with Crippen molar-refractivity contribution in [1.29, 1.82) is 0 Å². The van der Waals surface area contributed by atoms with Crippen LogP contribution in [0.3, 0.4) is 0 Å². The highest BCUT2D eigenvalue weighted by Gasteiger charge is 2.35. The molecule has 1 fully saturated rings. The molecule has 0 saturated heterocycles. The third kappa shape index (κ3) is 4.06. The number of nitrogens with one attached hydrogen (secondary N) is 2. The van der Waals surface area contributed by atoms with Crippen LogP contribution in [0.15, 0.2) is 41.5 Å². The van der Waals surface area contributed by atoms with Gasteiger partial charge in [-0.2, -0.15) is 0 Å². The van der Waals surface area contributed by atoms with Crippen LogP contribution in [-0.2, 0) is 6.42 Å². The zero-order chi connectivity index (χ0) is 17.8. The molecule has 0 bridgehead atoms. The smallest absolute Gasteiger partial charge is 0.268 e. The number of methoxy groups -OCH3 is 1. The summed E-state index contributed by atoms with van der Waals surface area (Å²) in [6, 6.07) is 6.71. The average Bonchev–Trinajstić information content (AvgIpc) is 2.59. The van der Waals surface area contributed by atoms with Crippen LogP contribution in [0.1, 0.15) is 29.0 Å². The first-order valence-corrected chi connectivity index (χ1v) is 8.22. The second-order valence-corrected chi connectivity index (χ2v) is 6.27. The van der Waals surface area contributed by atoms with Gasteiger partial charge in [0, 0.05) is 36.6 Å². The predicted octanol–water partition coefficient (Wildman–Crippen LogP) is 0.891. The summed E-state index contributed by atoms with van der Waals surface area (Å²) >= 11 is 0. The second kappa shape index (κ2) is 7.48. The Morgan fingerprint density at radius 2 is 2.28 bits per heavy atom. The number of rotatable bonds is 6. The molecule has 0 radical (unpaired) electrons. The lowest BCUT2D eigenvalue weighted by Gasteiger charge is -2.38. The van der Waals surface area contributed by atoms with Crippen molar-refractivity contribution in [1.82, 2.24) is 15.3 Å². The number of hydrogen-bond donors (Lipinski definition) is 3. The molecule has 25 heavy (non-hydrogen) atoms. The molecular formula is C18H21N3O4. The number of H-pyrrole nitrogens is 1. The van der Waals surface area contributed by atoms with Gasteiger partial charge in [0.1, 0.15) is 5.69 Å². The van der Waals surface area contributed by atoms with Gasteiger partial charge in [0.15, 0.2) is 5.75 Å². The van der Waals surface area contributed by atoms with Crippen molar-refractivity contribution in [2.75, 3.05) is 7.11 Å². The van der Waals surface area contributed by atoms with E-state index >= 15 is 0 Å². The number of aromatic nitrogens is 2. The fourth-order valence-corrected chi connectivity index (χ4v) is 3.03. The van der Waals surface area contributed by atoms with Crippen LogP contribution in [0.2, 0.25) is 0 Å². The lowest BCUT2D eigenvalue weighted by atomic mass is 9.76. The summed E-state index contributed by atoms with van der Waals surface area (Å²) in [5, 5.41) is 12.6. The number of pyridine rings is 2. The van der Waals surface area contributed by atoms with Gasteiger partial charge in [-0.1, -0.05) is 6.07 Å². The minimum absolute atomic E-state index is 0.156. The molecule has 1 atom stereocenters. The molecule has 3 N–H and O–H groups in total. The van der Waals surface area contributed by atoms with E-state index in [1.165, 1.54) is 19.4 Å². The molecule has 2 aromatic rings. The Bertz CT molecular complexity index is 784. The molecule has 1 saturated carbocycles. The zero-order valence-electron chi connectivity index (χ0n) is 13.9. The molecule has 2 aromatic heterocycles. The minimum atomic E-state index is -0.359. The monoisotopic (exact) mass is 343 g/mol. The third-order valence-electron chi connectivity index (χ3n) is 4.53. The Labute approximate surface area is 145 Å². The number of carbonyl (C=O) groups is 1.